The summed E-state index contributed by atoms with van der Waals surface area (Å²) in [6.45, 7) is 6.32. The average molecular weight is 471 g/mol. The maximum atomic E-state index is 12.9. The van der Waals surface area contributed by atoms with Crippen LogP contribution in [0.2, 0.25) is 0 Å². The summed E-state index contributed by atoms with van der Waals surface area (Å²) in [7, 11) is 1.34. The Hall–Kier alpha value is -3.99. The molecule has 1 aliphatic rings. The highest BCUT2D eigenvalue weighted by atomic mass is 16.5. The summed E-state index contributed by atoms with van der Waals surface area (Å²) in [6, 6.07) is 19.2. The smallest absolute Gasteiger partial charge is 0.338 e. The second kappa shape index (κ2) is 10.1. The number of benzene rings is 3. The standard InChI is InChI=1S/C30H30O5/c1-5-20-11-13-23(27(17-20)34-19-21-9-7-6-8-10-21)25(29(32)33-4)18-22-12-14-26-24(28(22)31)15-16-30(2,3)35-26/h6-18,31H,5,19H2,1-4H3. The zero-order valence-electron chi connectivity index (χ0n) is 20.5. The number of carbonyl (C=O) groups is 1. The average Bonchev–Trinajstić information content (AvgIpc) is 2.86. The quantitative estimate of drug-likeness (QED) is 0.245. The number of phenols is 1. The number of rotatable bonds is 7. The van der Waals surface area contributed by atoms with Gasteiger partial charge in [0.2, 0.25) is 0 Å². The van der Waals surface area contributed by atoms with E-state index in [2.05, 4.69) is 6.92 Å². The highest BCUT2D eigenvalue weighted by molar-refractivity contribution is 6.22. The van der Waals surface area contributed by atoms with Gasteiger partial charge in [0.1, 0.15) is 29.5 Å². The van der Waals surface area contributed by atoms with Crippen molar-refractivity contribution in [2.45, 2.75) is 39.4 Å². The minimum absolute atomic E-state index is 0.0348. The van der Waals surface area contributed by atoms with Gasteiger partial charge in [-0.3, -0.25) is 0 Å². The molecular formula is C30H30O5. The van der Waals surface area contributed by atoms with E-state index in [-0.39, 0.29) is 11.3 Å². The van der Waals surface area contributed by atoms with E-state index in [0.717, 1.165) is 17.5 Å². The third-order valence-corrected chi connectivity index (χ3v) is 5.92. The molecule has 1 aliphatic heterocycles. The summed E-state index contributed by atoms with van der Waals surface area (Å²) in [5.74, 6) is 0.676. The number of hydrogen-bond donors (Lipinski definition) is 1. The zero-order chi connectivity index (χ0) is 25.0. The second-order valence-electron chi connectivity index (χ2n) is 8.96. The van der Waals surface area contributed by atoms with Crippen molar-refractivity contribution < 1.29 is 24.1 Å². The Morgan fingerprint density at radius 2 is 1.83 bits per heavy atom. The van der Waals surface area contributed by atoms with Gasteiger partial charge in [0.05, 0.1) is 18.2 Å². The summed E-state index contributed by atoms with van der Waals surface area (Å²) in [5.41, 5.74) is 3.58. The molecule has 0 aromatic heterocycles. The van der Waals surface area contributed by atoms with E-state index in [9.17, 15) is 9.90 Å². The number of carbonyl (C=O) groups excluding carboxylic acids is 1. The molecule has 0 bridgehead atoms. The van der Waals surface area contributed by atoms with Crippen LogP contribution in [0.25, 0.3) is 17.7 Å². The molecule has 0 amide bonds. The monoisotopic (exact) mass is 470 g/mol. The molecule has 5 heteroatoms. The second-order valence-corrected chi connectivity index (χ2v) is 8.96. The van der Waals surface area contributed by atoms with Gasteiger partial charge in [-0.25, -0.2) is 4.79 Å². The normalized spacial score (nSPS) is 14.1. The lowest BCUT2D eigenvalue weighted by atomic mass is 9.96. The summed E-state index contributed by atoms with van der Waals surface area (Å²) in [6.07, 6.45) is 6.19. The van der Waals surface area contributed by atoms with Crippen LogP contribution in [0.15, 0.2) is 66.7 Å². The van der Waals surface area contributed by atoms with Crippen molar-refractivity contribution in [3.05, 3.63) is 94.6 Å². The van der Waals surface area contributed by atoms with E-state index in [1.807, 2.05) is 74.5 Å². The molecule has 35 heavy (non-hydrogen) atoms. The van der Waals surface area contributed by atoms with Gasteiger partial charge in [-0.2, -0.15) is 0 Å². The molecule has 4 rings (SSSR count). The number of hydrogen-bond acceptors (Lipinski definition) is 5. The van der Waals surface area contributed by atoms with Gasteiger partial charge in [0.15, 0.2) is 0 Å². The molecule has 0 saturated heterocycles. The van der Waals surface area contributed by atoms with Crippen LogP contribution < -0.4 is 9.47 Å². The highest BCUT2D eigenvalue weighted by Crippen LogP contribution is 2.40. The first-order valence-electron chi connectivity index (χ1n) is 11.7. The summed E-state index contributed by atoms with van der Waals surface area (Å²) in [5, 5.41) is 11.0. The topological polar surface area (TPSA) is 65.0 Å². The van der Waals surface area contributed by atoms with Gasteiger partial charge in [-0.05, 0) is 67.8 Å². The Kier molecular flexibility index (Phi) is 6.97. The molecule has 0 spiro atoms. The lowest BCUT2D eigenvalue weighted by molar-refractivity contribution is -0.133. The molecule has 180 valence electrons. The fraction of sp³-hybridized carbons (Fsp3) is 0.233. The van der Waals surface area contributed by atoms with Gasteiger partial charge >= 0.3 is 5.97 Å². The largest absolute Gasteiger partial charge is 0.507 e. The van der Waals surface area contributed by atoms with E-state index >= 15 is 0 Å². The summed E-state index contributed by atoms with van der Waals surface area (Å²) < 4.78 is 17.2. The first-order valence-corrected chi connectivity index (χ1v) is 11.7. The Labute approximate surface area is 206 Å². The van der Waals surface area contributed by atoms with Crippen molar-refractivity contribution in [3.8, 4) is 17.2 Å². The number of aryl methyl sites for hydroxylation is 1. The molecule has 0 fully saturated rings. The van der Waals surface area contributed by atoms with Crippen LogP contribution in [0.4, 0.5) is 0 Å². The summed E-state index contributed by atoms with van der Waals surface area (Å²) in [4.78, 5) is 12.9. The van der Waals surface area contributed by atoms with Gasteiger partial charge in [0.25, 0.3) is 0 Å². The number of methoxy groups -OCH3 is 1. The first-order chi connectivity index (χ1) is 16.8. The highest BCUT2D eigenvalue weighted by Gasteiger charge is 2.25. The Balaban J connectivity index is 1.77. The third-order valence-electron chi connectivity index (χ3n) is 5.92. The number of aromatic hydroxyl groups is 1. The number of ether oxygens (including phenoxy) is 3. The fourth-order valence-electron chi connectivity index (χ4n) is 3.95. The molecule has 3 aromatic carbocycles. The van der Waals surface area contributed by atoms with Crippen molar-refractivity contribution in [1.29, 1.82) is 0 Å². The van der Waals surface area contributed by atoms with Crippen LogP contribution in [-0.2, 0) is 22.6 Å². The van der Waals surface area contributed by atoms with E-state index < -0.39 is 11.6 Å². The van der Waals surface area contributed by atoms with Gasteiger partial charge < -0.3 is 19.3 Å². The molecule has 0 saturated carbocycles. The van der Waals surface area contributed by atoms with Crippen molar-refractivity contribution >= 4 is 23.7 Å². The Bertz CT molecular complexity index is 1290. The molecule has 0 radical (unpaired) electrons. The van der Waals surface area contributed by atoms with Crippen LogP contribution >= 0.6 is 0 Å². The first kappa shape index (κ1) is 24.1. The molecule has 1 N–H and O–H groups in total. The maximum absolute atomic E-state index is 12.9. The molecule has 0 unspecified atom stereocenters. The number of esters is 1. The minimum atomic E-state index is -0.524. The van der Waals surface area contributed by atoms with Crippen molar-refractivity contribution in [3.63, 3.8) is 0 Å². The van der Waals surface area contributed by atoms with Crippen LogP contribution in [0, 0.1) is 0 Å². The fourth-order valence-corrected chi connectivity index (χ4v) is 3.95. The van der Waals surface area contributed by atoms with Crippen LogP contribution in [0.1, 0.15) is 48.6 Å². The van der Waals surface area contributed by atoms with Gasteiger partial charge in [-0.1, -0.05) is 49.4 Å². The van der Waals surface area contributed by atoms with Gasteiger partial charge in [-0.15, -0.1) is 0 Å². The van der Waals surface area contributed by atoms with E-state index in [0.29, 0.717) is 34.8 Å². The maximum Gasteiger partial charge on any atom is 0.338 e. The van der Waals surface area contributed by atoms with Gasteiger partial charge in [0, 0.05) is 11.1 Å². The summed E-state index contributed by atoms with van der Waals surface area (Å²) >= 11 is 0. The van der Waals surface area contributed by atoms with Crippen molar-refractivity contribution in [1.82, 2.24) is 0 Å². The third kappa shape index (κ3) is 5.40. The number of phenolic OH excluding ortho intramolecular Hbond substituents is 1. The molecule has 3 aromatic rings. The van der Waals surface area contributed by atoms with Crippen LogP contribution in [0.3, 0.4) is 0 Å². The molecular weight excluding hydrogens is 440 g/mol. The zero-order valence-corrected chi connectivity index (χ0v) is 20.5. The van der Waals surface area contributed by atoms with Crippen LogP contribution in [-0.4, -0.2) is 23.8 Å². The van der Waals surface area contributed by atoms with Crippen molar-refractivity contribution in [2.75, 3.05) is 7.11 Å². The van der Waals surface area contributed by atoms with Crippen molar-refractivity contribution in [2.24, 2.45) is 0 Å². The predicted octanol–water partition coefficient (Wildman–Crippen LogP) is 6.43. The molecule has 5 nitrogen and oxygen atoms in total. The van der Waals surface area contributed by atoms with E-state index in [4.69, 9.17) is 14.2 Å². The Morgan fingerprint density at radius 3 is 2.54 bits per heavy atom. The van der Waals surface area contributed by atoms with Crippen LogP contribution in [0.5, 0.6) is 17.2 Å². The SMILES string of the molecule is CCc1ccc(C(=Cc2ccc3c(c2O)C=CC(C)(C)O3)C(=O)OC)c(OCc2ccccc2)c1. The Morgan fingerprint density at radius 1 is 1.06 bits per heavy atom. The lowest BCUT2D eigenvalue weighted by Gasteiger charge is -2.28. The van der Waals surface area contributed by atoms with E-state index in [1.165, 1.54) is 7.11 Å². The predicted molar refractivity (Wildman–Crippen MR) is 138 cm³/mol. The molecule has 0 atom stereocenters. The lowest BCUT2D eigenvalue weighted by Crippen LogP contribution is -2.27. The molecule has 0 aliphatic carbocycles. The number of fused-ring (bicyclic) bond motifs is 1. The molecule has 1 heterocycles. The van der Waals surface area contributed by atoms with E-state index in [1.54, 1.807) is 18.2 Å². The minimum Gasteiger partial charge on any atom is -0.507 e.